The molecule has 0 aliphatic carbocycles. The van der Waals surface area contributed by atoms with E-state index in [1.54, 1.807) is 37.4 Å². The van der Waals surface area contributed by atoms with Crippen LogP contribution in [0.1, 0.15) is 21.5 Å². The fraction of sp³-hybridized carbons (Fsp3) is 0.130. The number of hydrogen-bond acceptors (Lipinski definition) is 5. The lowest BCUT2D eigenvalue weighted by molar-refractivity contribution is 0.0955. The summed E-state index contributed by atoms with van der Waals surface area (Å²) in [7, 11) is -1.94. The molecule has 0 unspecified atom stereocenters. The quantitative estimate of drug-likeness (QED) is 0.432. The Labute approximate surface area is 182 Å². The normalized spacial score (nSPS) is 11.3. The first-order valence-corrected chi connectivity index (χ1v) is 11.3. The molecule has 160 valence electrons. The molecule has 0 atom stereocenters. The number of anilines is 1. The average Bonchev–Trinajstić information content (AvgIpc) is 2.78. The van der Waals surface area contributed by atoms with Gasteiger partial charge in [0.15, 0.2) is 0 Å². The van der Waals surface area contributed by atoms with Gasteiger partial charge in [0.2, 0.25) is 10.0 Å². The number of methoxy groups -OCH3 is 1. The molecule has 0 aliphatic heterocycles. The number of rotatable bonds is 8. The first kappa shape index (κ1) is 22.0. The third-order valence-electron chi connectivity index (χ3n) is 4.50. The number of carbonyl (C=O) groups excluding carboxylic acids is 1. The van der Waals surface area contributed by atoms with Gasteiger partial charge in [-0.25, -0.2) is 13.8 Å². The van der Waals surface area contributed by atoms with Gasteiger partial charge in [0.05, 0.1) is 31.8 Å². The number of para-hydroxylation sites is 1. The fourth-order valence-electron chi connectivity index (χ4n) is 2.93. The van der Waals surface area contributed by atoms with Gasteiger partial charge >= 0.3 is 0 Å². The molecule has 1 N–H and O–H groups in total. The molecule has 0 aliphatic rings. The van der Waals surface area contributed by atoms with Crippen LogP contribution >= 0.6 is 0 Å². The molecule has 0 saturated carbocycles. The summed E-state index contributed by atoms with van der Waals surface area (Å²) in [4.78, 5) is 12.4. The third kappa shape index (κ3) is 5.93. The van der Waals surface area contributed by atoms with E-state index in [9.17, 15) is 13.2 Å². The molecular formula is C23H23N3O4S. The summed E-state index contributed by atoms with van der Waals surface area (Å²) in [6, 6.07) is 22.9. The van der Waals surface area contributed by atoms with Crippen molar-refractivity contribution in [2.24, 2.45) is 5.10 Å². The Kier molecular flexibility index (Phi) is 7.04. The predicted molar refractivity (Wildman–Crippen MR) is 122 cm³/mol. The van der Waals surface area contributed by atoms with Crippen molar-refractivity contribution in [1.82, 2.24) is 5.43 Å². The van der Waals surface area contributed by atoms with Crippen LogP contribution in [-0.2, 0) is 16.6 Å². The summed E-state index contributed by atoms with van der Waals surface area (Å²) in [5.74, 6) is 0.232. The monoisotopic (exact) mass is 437 g/mol. The lowest BCUT2D eigenvalue weighted by atomic mass is 10.2. The highest BCUT2D eigenvalue weighted by molar-refractivity contribution is 7.92. The summed E-state index contributed by atoms with van der Waals surface area (Å²) in [6.45, 7) is 0.203. The summed E-state index contributed by atoms with van der Waals surface area (Å²) in [5.41, 5.74) is 4.88. The van der Waals surface area contributed by atoms with E-state index in [0.29, 0.717) is 17.0 Å². The van der Waals surface area contributed by atoms with Gasteiger partial charge in [0, 0.05) is 11.1 Å². The molecule has 0 spiro atoms. The Morgan fingerprint density at radius 2 is 1.65 bits per heavy atom. The number of hydrogen-bond donors (Lipinski definition) is 1. The highest BCUT2D eigenvalue weighted by Crippen LogP contribution is 2.21. The Morgan fingerprint density at radius 3 is 2.29 bits per heavy atom. The van der Waals surface area contributed by atoms with Gasteiger partial charge in [-0.1, -0.05) is 42.5 Å². The SMILES string of the molecule is COc1ccccc1/C=N\NC(=O)c1ccc(N(Cc2ccccc2)S(C)(=O)=O)cc1. The zero-order chi connectivity index (χ0) is 22.3. The molecule has 31 heavy (non-hydrogen) atoms. The fourth-order valence-corrected chi connectivity index (χ4v) is 3.81. The maximum absolute atomic E-state index is 12.4. The zero-order valence-corrected chi connectivity index (χ0v) is 18.0. The van der Waals surface area contributed by atoms with Crippen molar-refractivity contribution in [3.8, 4) is 5.75 Å². The second-order valence-electron chi connectivity index (χ2n) is 6.74. The molecule has 3 rings (SSSR count). The lowest BCUT2D eigenvalue weighted by Gasteiger charge is -2.22. The van der Waals surface area contributed by atoms with Crippen molar-refractivity contribution in [1.29, 1.82) is 0 Å². The molecular weight excluding hydrogens is 414 g/mol. The molecule has 3 aromatic carbocycles. The van der Waals surface area contributed by atoms with Gasteiger partial charge in [-0.05, 0) is 42.0 Å². The Hall–Kier alpha value is -3.65. The van der Waals surface area contributed by atoms with Crippen LogP contribution in [0.5, 0.6) is 5.75 Å². The molecule has 0 heterocycles. The molecule has 1 amide bonds. The molecule has 0 radical (unpaired) electrons. The summed E-state index contributed by atoms with van der Waals surface area (Å²) < 4.78 is 31.1. The minimum Gasteiger partial charge on any atom is -0.496 e. The number of amides is 1. The van der Waals surface area contributed by atoms with Crippen LogP contribution in [0, 0.1) is 0 Å². The summed E-state index contributed by atoms with van der Waals surface area (Å²) in [6.07, 6.45) is 2.65. The number of ether oxygens (including phenoxy) is 1. The van der Waals surface area contributed by atoms with Gasteiger partial charge in [-0.2, -0.15) is 5.10 Å². The van der Waals surface area contributed by atoms with E-state index in [4.69, 9.17) is 4.74 Å². The van der Waals surface area contributed by atoms with Crippen LogP contribution < -0.4 is 14.5 Å². The van der Waals surface area contributed by atoms with E-state index in [1.165, 1.54) is 10.5 Å². The largest absolute Gasteiger partial charge is 0.496 e. The number of sulfonamides is 1. The Bertz CT molecular complexity index is 1160. The van der Waals surface area contributed by atoms with Gasteiger partial charge in [-0.15, -0.1) is 0 Å². The second-order valence-corrected chi connectivity index (χ2v) is 8.65. The smallest absolute Gasteiger partial charge is 0.271 e. The van der Waals surface area contributed by atoms with Gasteiger partial charge in [0.25, 0.3) is 5.91 Å². The third-order valence-corrected chi connectivity index (χ3v) is 5.64. The Balaban J connectivity index is 1.71. The highest BCUT2D eigenvalue weighted by atomic mass is 32.2. The first-order valence-electron chi connectivity index (χ1n) is 9.46. The number of hydrazone groups is 1. The van der Waals surface area contributed by atoms with Gasteiger partial charge < -0.3 is 4.74 Å². The summed E-state index contributed by atoms with van der Waals surface area (Å²) in [5, 5.41) is 3.97. The maximum Gasteiger partial charge on any atom is 0.271 e. The van der Waals surface area contributed by atoms with Crippen molar-refractivity contribution >= 4 is 27.8 Å². The van der Waals surface area contributed by atoms with Crippen LogP contribution in [0.15, 0.2) is 84.0 Å². The topological polar surface area (TPSA) is 88.1 Å². The van der Waals surface area contributed by atoms with Crippen LogP contribution in [0.4, 0.5) is 5.69 Å². The maximum atomic E-state index is 12.4. The number of nitrogens with one attached hydrogen (secondary N) is 1. The van der Waals surface area contributed by atoms with Crippen LogP contribution in [0.2, 0.25) is 0 Å². The molecule has 8 heteroatoms. The second kappa shape index (κ2) is 9.90. The van der Waals surface area contributed by atoms with Crippen molar-refractivity contribution in [2.45, 2.75) is 6.54 Å². The Morgan fingerprint density at radius 1 is 1.00 bits per heavy atom. The molecule has 0 fully saturated rings. The van der Waals surface area contributed by atoms with Crippen molar-refractivity contribution in [3.63, 3.8) is 0 Å². The number of nitrogens with zero attached hydrogens (tertiary/aromatic N) is 2. The molecule has 7 nitrogen and oxygen atoms in total. The van der Waals surface area contributed by atoms with Gasteiger partial charge in [-0.3, -0.25) is 9.10 Å². The minimum atomic E-state index is -3.50. The number of carbonyl (C=O) groups is 1. The molecule has 0 saturated heterocycles. The van der Waals surface area contributed by atoms with Crippen LogP contribution in [0.3, 0.4) is 0 Å². The van der Waals surface area contributed by atoms with Crippen molar-refractivity contribution in [3.05, 3.63) is 95.6 Å². The van der Waals surface area contributed by atoms with E-state index in [0.717, 1.165) is 17.4 Å². The van der Waals surface area contributed by atoms with Crippen LogP contribution in [-0.4, -0.2) is 33.9 Å². The number of benzene rings is 3. The van der Waals surface area contributed by atoms with E-state index < -0.39 is 15.9 Å². The molecule has 0 aromatic heterocycles. The predicted octanol–water partition coefficient (Wildman–Crippen LogP) is 3.43. The zero-order valence-electron chi connectivity index (χ0n) is 17.2. The average molecular weight is 438 g/mol. The molecule has 3 aromatic rings. The first-order chi connectivity index (χ1) is 14.9. The van der Waals surface area contributed by atoms with Crippen LogP contribution in [0.25, 0.3) is 0 Å². The lowest BCUT2D eigenvalue weighted by Crippen LogP contribution is -2.29. The van der Waals surface area contributed by atoms with E-state index in [-0.39, 0.29) is 6.54 Å². The van der Waals surface area contributed by atoms with Crippen molar-refractivity contribution in [2.75, 3.05) is 17.7 Å². The molecule has 0 bridgehead atoms. The highest BCUT2D eigenvalue weighted by Gasteiger charge is 2.18. The van der Waals surface area contributed by atoms with Crippen molar-refractivity contribution < 1.29 is 17.9 Å². The standard InChI is InChI=1S/C23H23N3O4S/c1-30-22-11-7-6-10-20(22)16-24-25-23(27)19-12-14-21(15-13-19)26(31(2,28)29)17-18-8-4-3-5-9-18/h3-16H,17H2,1-2H3,(H,25,27)/b24-16-. The van der Waals surface area contributed by atoms with E-state index in [1.807, 2.05) is 48.5 Å². The van der Waals surface area contributed by atoms with E-state index >= 15 is 0 Å². The summed E-state index contributed by atoms with van der Waals surface area (Å²) >= 11 is 0. The minimum absolute atomic E-state index is 0.203. The van der Waals surface area contributed by atoms with E-state index in [2.05, 4.69) is 10.5 Å². The van der Waals surface area contributed by atoms with Gasteiger partial charge in [0.1, 0.15) is 5.75 Å².